The van der Waals surface area contributed by atoms with Crippen LogP contribution in [0.5, 0.6) is 0 Å². The number of hydrogen-bond acceptors (Lipinski definition) is 2. The van der Waals surface area contributed by atoms with Gasteiger partial charge >= 0.3 is 6.08 Å². The summed E-state index contributed by atoms with van der Waals surface area (Å²) in [5, 5.41) is 0. The minimum Gasteiger partial charge on any atom is -0.258 e. The first kappa shape index (κ1) is 9.70. The lowest BCUT2D eigenvalue weighted by atomic mass is 10.3. The van der Waals surface area contributed by atoms with Gasteiger partial charge in [0, 0.05) is 18.8 Å². The lowest BCUT2D eigenvalue weighted by Gasteiger charge is -1.96. The maximum absolute atomic E-state index is 12.4. The van der Waals surface area contributed by atoms with E-state index < -0.39 is 18.3 Å². The van der Waals surface area contributed by atoms with Crippen molar-refractivity contribution in [2.24, 2.45) is 0 Å². The minimum atomic E-state index is -2.30. The zero-order valence-corrected chi connectivity index (χ0v) is 6.89. The molecule has 0 unspecified atom stereocenters. The van der Waals surface area contributed by atoms with Gasteiger partial charge < -0.3 is 0 Å². The van der Waals surface area contributed by atoms with E-state index in [1.54, 1.807) is 6.92 Å². The van der Waals surface area contributed by atoms with E-state index in [-0.39, 0.29) is 5.69 Å². The predicted molar refractivity (Wildman–Crippen MR) is 40.8 cm³/mol. The average molecular weight is 188 g/mol. The van der Waals surface area contributed by atoms with Crippen LogP contribution < -0.4 is 0 Å². The molecule has 1 rings (SSSR count). The fourth-order valence-electron chi connectivity index (χ4n) is 0.736. The Labute approximate surface area is 73.1 Å². The van der Waals surface area contributed by atoms with Crippen LogP contribution in [0, 0.1) is 6.92 Å². The van der Waals surface area contributed by atoms with Crippen molar-refractivity contribution >= 4 is 0 Å². The van der Waals surface area contributed by atoms with Crippen LogP contribution in [0.4, 0.5) is 13.2 Å². The van der Waals surface area contributed by atoms with E-state index in [0.29, 0.717) is 5.69 Å². The molecule has 0 amide bonds. The highest BCUT2D eigenvalue weighted by Crippen LogP contribution is 2.13. The first-order valence-electron chi connectivity index (χ1n) is 3.57. The molecular formula is C8H7F3N2. The summed E-state index contributed by atoms with van der Waals surface area (Å²) < 4.78 is 35.7. The van der Waals surface area contributed by atoms with Crippen LogP contribution in [0.2, 0.25) is 0 Å². The van der Waals surface area contributed by atoms with Gasteiger partial charge in [0.25, 0.3) is 0 Å². The van der Waals surface area contributed by atoms with Crippen molar-refractivity contribution in [3.63, 3.8) is 0 Å². The van der Waals surface area contributed by atoms with Gasteiger partial charge in [0.15, 0.2) is 5.83 Å². The van der Waals surface area contributed by atoms with E-state index in [9.17, 15) is 13.2 Å². The lowest BCUT2D eigenvalue weighted by Crippen LogP contribution is -1.93. The molecule has 5 heteroatoms. The second kappa shape index (κ2) is 4.02. The summed E-state index contributed by atoms with van der Waals surface area (Å²) in [6, 6.07) is 0. The number of aromatic nitrogens is 2. The number of rotatable bonds is 2. The Kier molecular flexibility index (Phi) is 3.00. The van der Waals surface area contributed by atoms with E-state index >= 15 is 0 Å². The van der Waals surface area contributed by atoms with Crippen molar-refractivity contribution < 1.29 is 13.2 Å². The topological polar surface area (TPSA) is 25.8 Å². The highest BCUT2D eigenvalue weighted by atomic mass is 19.3. The summed E-state index contributed by atoms with van der Waals surface area (Å²) in [4.78, 5) is 7.53. The van der Waals surface area contributed by atoms with Gasteiger partial charge in [0.1, 0.15) is 0 Å². The van der Waals surface area contributed by atoms with Crippen LogP contribution in [0.25, 0.3) is 0 Å². The minimum absolute atomic E-state index is 0.191. The summed E-state index contributed by atoms with van der Waals surface area (Å²) in [6.45, 7) is 1.71. The Morgan fingerprint density at radius 3 is 2.38 bits per heavy atom. The second-order valence-corrected chi connectivity index (χ2v) is 2.49. The van der Waals surface area contributed by atoms with Gasteiger partial charge in [-0.3, -0.25) is 9.97 Å². The van der Waals surface area contributed by atoms with Gasteiger partial charge in [-0.1, -0.05) is 0 Å². The molecule has 0 N–H and O–H groups in total. The number of aryl methyl sites for hydroxylation is 1. The van der Waals surface area contributed by atoms with Gasteiger partial charge in [-0.25, -0.2) is 4.39 Å². The van der Waals surface area contributed by atoms with Gasteiger partial charge in [0.05, 0.1) is 11.4 Å². The fraction of sp³-hybridized carbons (Fsp3) is 0.250. The maximum atomic E-state index is 12.4. The average Bonchev–Trinajstić information content (AvgIpc) is 2.08. The molecule has 0 aromatic carbocycles. The molecule has 1 heterocycles. The maximum Gasteiger partial charge on any atom is 0.301 e. The quantitative estimate of drug-likeness (QED) is 0.712. The largest absolute Gasteiger partial charge is 0.301 e. The molecule has 1 aromatic rings. The molecule has 0 saturated heterocycles. The zero-order chi connectivity index (χ0) is 9.84. The van der Waals surface area contributed by atoms with Crippen LogP contribution in [-0.2, 0) is 6.42 Å². The summed E-state index contributed by atoms with van der Waals surface area (Å²) in [5.41, 5.74) is 0.852. The Morgan fingerprint density at radius 2 is 1.92 bits per heavy atom. The zero-order valence-electron chi connectivity index (χ0n) is 6.89. The van der Waals surface area contributed by atoms with Crippen molar-refractivity contribution in [1.29, 1.82) is 0 Å². The molecular weight excluding hydrogens is 181 g/mol. The van der Waals surface area contributed by atoms with E-state index in [0.717, 1.165) is 0 Å². The van der Waals surface area contributed by atoms with Crippen molar-refractivity contribution in [2.75, 3.05) is 0 Å². The molecule has 2 nitrogen and oxygen atoms in total. The Bertz CT molecular complexity index is 315. The van der Waals surface area contributed by atoms with Gasteiger partial charge in [-0.2, -0.15) is 8.78 Å². The molecule has 13 heavy (non-hydrogen) atoms. The van der Waals surface area contributed by atoms with E-state index in [2.05, 4.69) is 9.97 Å². The molecule has 0 fully saturated rings. The van der Waals surface area contributed by atoms with Crippen molar-refractivity contribution in [3.8, 4) is 0 Å². The summed E-state index contributed by atoms with van der Waals surface area (Å²) in [5.74, 6) is -1.46. The first-order chi connectivity index (χ1) is 6.09. The highest BCUT2D eigenvalue weighted by Gasteiger charge is 2.06. The SMILES string of the molecule is Cc1cnc(CC(F)=C(F)F)cn1. The van der Waals surface area contributed by atoms with Crippen molar-refractivity contribution in [3.05, 3.63) is 35.7 Å². The Balaban J connectivity index is 2.76. The van der Waals surface area contributed by atoms with Crippen LogP contribution in [-0.4, -0.2) is 9.97 Å². The van der Waals surface area contributed by atoms with Gasteiger partial charge in [-0.15, -0.1) is 0 Å². The molecule has 0 aliphatic rings. The monoisotopic (exact) mass is 188 g/mol. The lowest BCUT2D eigenvalue weighted by molar-refractivity contribution is 0.374. The summed E-state index contributed by atoms with van der Waals surface area (Å²) in [6.07, 6.45) is -0.131. The molecule has 0 saturated carbocycles. The predicted octanol–water partition coefficient (Wildman–Crippen LogP) is 2.41. The van der Waals surface area contributed by atoms with Gasteiger partial charge in [0.2, 0.25) is 0 Å². The number of allylic oxidation sites excluding steroid dienone is 1. The first-order valence-corrected chi connectivity index (χ1v) is 3.57. The third-order valence-corrected chi connectivity index (χ3v) is 1.38. The van der Waals surface area contributed by atoms with E-state index in [4.69, 9.17) is 0 Å². The standard InChI is InChI=1S/C8H7F3N2/c1-5-3-13-6(4-12-5)2-7(9)8(10)11/h3-4H,2H2,1H3. The number of hydrogen-bond donors (Lipinski definition) is 0. The van der Waals surface area contributed by atoms with Crippen molar-refractivity contribution in [1.82, 2.24) is 9.97 Å². The molecule has 1 aromatic heterocycles. The highest BCUT2D eigenvalue weighted by molar-refractivity contribution is 5.08. The van der Waals surface area contributed by atoms with Gasteiger partial charge in [-0.05, 0) is 6.92 Å². The number of halogens is 3. The van der Waals surface area contributed by atoms with Crippen LogP contribution in [0.1, 0.15) is 11.4 Å². The second-order valence-electron chi connectivity index (χ2n) is 2.49. The summed E-state index contributed by atoms with van der Waals surface area (Å²) in [7, 11) is 0. The van der Waals surface area contributed by atoms with E-state index in [1.807, 2.05) is 0 Å². The van der Waals surface area contributed by atoms with E-state index in [1.165, 1.54) is 12.4 Å². The third-order valence-electron chi connectivity index (χ3n) is 1.38. The van der Waals surface area contributed by atoms with Crippen LogP contribution in [0.3, 0.4) is 0 Å². The van der Waals surface area contributed by atoms with Crippen LogP contribution >= 0.6 is 0 Å². The molecule has 0 aliphatic heterocycles. The van der Waals surface area contributed by atoms with Crippen LogP contribution in [0.15, 0.2) is 24.3 Å². The smallest absolute Gasteiger partial charge is 0.258 e. The third kappa shape index (κ3) is 2.85. The molecule has 70 valence electrons. The Morgan fingerprint density at radius 1 is 1.23 bits per heavy atom. The Hall–Kier alpha value is -1.39. The normalized spacial score (nSPS) is 9.85. The molecule has 0 bridgehead atoms. The fourth-order valence-corrected chi connectivity index (χ4v) is 0.736. The molecule has 0 radical (unpaired) electrons. The number of nitrogens with zero attached hydrogens (tertiary/aromatic N) is 2. The molecule has 0 spiro atoms. The molecule has 0 aliphatic carbocycles. The van der Waals surface area contributed by atoms with Crippen molar-refractivity contribution in [2.45, 2.75) is 13.3 Å². The summed E-state index contributed by atoms with van der Waals surface area (Å²) >= 11 is 0. The molecule has 0 atom stereocenters.